The molecule has 2 N–H and O–H groups in total. The van der Waals surface area contributed by atoms with E-state index in [2.05, 4.69) is 33.0 Å². The molecule has 0 aromatic heterocycles. The van der Waals surface area contributed by atoms with Crippen molar-refractivity contribution < 1.29 is 9.90 Å². The number of carbonyl (C=O) groups is 1. The lowest BCUT2D eigenvalue weighted by atomic mass is 10.1. The zero-order valence-electron chi connectivity index (χ0n) is 15.1. The molecule has 0 aromatic rings. The quantitative estimate of drug-likeness (QED) is 0.475. The van der Waals surface area contributed by atoms with Crippen molar-refractivity contribution in [1.29, 1.82) is 0 Å². The third kappa shape index (κ3) is 24.8. The van der Waals surface area contributed by atoms with Crippen LogP contribution in [-0.2, 0) is 4.79 Å². The molecule has 0 aromatic carbocycles. The van der Waals surface area contributed by atoms with E-state index < -0.39 is 5.97 Å². The molecule has 0 heterocycles. The second-order valence-electron chi connectivity index (χ2n) is 6.19. The van der Waals surface area contributed by atoms with Gasteiger partial charge in [-0.05, 0) is 26.7 Å². The van der Waals surface area contributed by atoms with Crippen LogP contribution in [0.2, 0.25) is 0 Å². The molecular formula is C18H39NO2. The monoisotopic (exact) mass is 301 g/mol. The smallest absolute Gasteiger partial charge is 0.300 e. The maximum Gasteiger partial charge on any atom is 0.300 e. The van der Waals surface area contributed by atoms with E-state index in [0.717, 1.165) is 6.92 Å². The molecule has 0 bridgehead atoms. The fraction of sp³-hybridized carbons (Fsp3) is 0.944. The van der Waals surface area contributed by atoms with Gasteiger partial charge in [-0.1, -0.05) is 65.2 Å². The second kappa shape index (κ2) is 17.5. The molecule has 2 unspecified atom stereocenters. The first-order chi connectivity index (χ1) is 9.93. The van der Waals surface area contributed by atoms with Gasteiger partial charge in [0.2, 0.25) is 0 Å². The summed E-state index contributed by atoms with van der Waals surface area (Å²) in [5, 5.41) is 11.2. The summed E-state index contributed by atoms with van der Waals surface area (Å²) < 4.78 is 0. The highest BCUT2D eigenvalue weighted by Crippen LogP contribution is 2.09. The Morgan fingerprint density at radius 3 is 1.48 bits per heavy atom. The number of unbranched alkanes of at least 4 members (excludes halogenated alkanes) is 6. The van der Waals surface area contributed by atoms with Crippen LogP contribution in [0.1, 0.15) is 98.8 Å². The first kappa shape index (κ1) is 22.7. The van der Waals surface area contributed by atoms with Crippen LogP contribution in [0, 0.1) is 0 Å². The molecule has 0 aliphatic rings. The van der Waals surface area contributed by atoms with Gasteiger partial charge in [-0.15, -0.1) is 0 Å². The Balaban J connectivity index is 0. The third-order valence-electron chi connectivity index (χ3n) is 3.55. The molecule has 2 atom stereocenters. The number of carboxylic acid groups (broad SMARTS) is 1. The van der Waals surface area contributed by atoms with Crippen molar-refractivity contribution >= 4 is 5.97 Å². The number of hydrogen-bond donors (Lipinski definition) is 2. The number of aliphatic carboxylic acids is 1. The SMILES string of the molecule is CC(=O)O.CCCCCCC(C)NC(C)CCCCCC. The first-order valence-corrected chi connectivity index (χ1v) is 8.89. The molecule has 0 saturated heterocycles. The topological polar surface area (TPSA) is 49.3 Å². The van der Waals surface area contributed by atoms with Gasteiger partial charge in [-0.2, -0.15) is 0 Å². The molecule has 0 amide bonds. The molecule has 3 heteroatoms. The predicted octanol–water partition coefficient (Wildman–Crippen LogP) is 5.38. The Morgan fingerprint density at radius 2 is 1.19 bits per heavy atom. The average molecular weight is 302 g/mol. The van der Waals surface area contributed by atoms with Crippen molar-refractivity contribution in [3.63, 3.8) is 0 Å². The Hall–Kier alpha value is -0.570. The largest absolute Gasteiger partial charge is 0.481 e. The van der Waals surface area contributed by atoms with Gasteiger partial charge in [-0.3, -0.25) is 4.79 Å². The van der Waals surface area contributed by atoms with Crippen molar-refractivity contribution in [2.45, 2.75) is 111 Å². The molecular weight excluding hydrogens is 262 g/mol. The fourth-order valence-electron chi connectivity index (χ4n) is 2.41. The highest BCUT2D eigenvalue weighted by Gasteiger charge is 2.06. The zero-order valence-corrected chi connectivity index (χ0v) is 15.1. The number of hydrogen-bond acceptors (Lipinski definition) is 2. The molecule has 128 valence electrons. The van der Waals surface area contributed by atoms with E-state index in [1.807, 2.05) is 0 Å². The first-order valence-electron chi connectivity index (χ1n) is 8.89. The minimum atomic E-state index is -0.833. The van der Waals surface area contributed by atoms with Gasteiger partial charge in [0.15, 0.2) is 0 Å². The van der Waals surface area contributed by atoms with Crippen LogP contribution in [0.25, 0.3) is 0 Å². The van der Waals surface area contributed by atoms with Gasteiger partial charge in [-0.25, -0.2) is 0 Å². The van der Waals surface area contributed by atoms with Crippen LogP contribution < -0.4 is 5.32 Å². The summed E-state index contributed by atoms with van der Waals surface area (Å²) in [6.45, 7) is 10.3. The van der Waals surface area contributed by atoms with Crippen LogP contribution in [0.3, 0.4) is 0 Å². The van der Waals surface area contributed by atoms with E-state index in [1.54, 1.807) is 0 Å². The van der Waals surface area contributed by atoms with E-state index in [1.165, 1.54) is 64.2 Å². The van der Waals surface area contributed by atoms with Crippen molar-refractivity contribution in [1.82, 2.24) is 5.32 Å². The van der Waals surface area contributed by atoms with E-state index in [-0.39, 0.29) is 0 Å². The van der Waals surface area contributed by atoms with Crippen molar-refractivity contribution in [3.8, 4) is 0 Å². The molecule has 0 spiro atoms. The number of rotatable bonds is 12. The van der Waals surface area contributed by atoms with Crippen LogP contribution in [0.4, 0.5) is 0 Å². The Labute approximate surface area is 132 Å². The summed E-state index contributed by atoms with van der Waals surface area (Å²) >= 11 is 0. The van der Waals surface area contributed by atoms with Crippen molar-refractivity contribution in [2.75, 3.05) is 0 Å². The fourth-order valence-corrected chi connectivity index (χ4v) is 2.41. The van der Waals surface area contributed by atoms with Crippen molar-refractivity contribution in [2.24, 2.45) is 0 Å². The van der Waals surface area contributed by atoms with E-state index >= 15 is 0 Å². The third-order valence-corrected chi connectivity index (χ3v) is 3.55. The lowest BCUT2D eigenvalue weighted by molar-refractivity contribution is -0.134. The van der Waals surface area contributed by atoms with Crippen LogP contribution in [-0.4, -0.2) is 23.2 Å². The Bertz CT molecular complexity index is 199. The second-order valence-corrected chi connectivity index (χ2v) is 6.19. The normalized spacial score (nSPS) is 13.2. The molecule has 21 heavy (non-hydrogen) atoms. The molecule has 0 rings (SSSR count). The highest BCUT2D eigenvalue weighted by molar-refractivity contribution is 5.62. The van der Waals surface area contributed by atoms with E-state index in [9.17, 15) is 0 Å². The predicted molar refractivity (Wildman–Crippen MR) is 92.9 cm³/mol. The maximum atomic E-state index is 9.00. The van der Waals surface area contributed by atoms with Crippen molar-refractivity contribution in [3.05, 3.63) is 0 Å². The maximum absolute atomic E-state index is 9.00. The lowest BCUT2D eigenvalue weighted by Gasteiger charge is -2.20. The minimum Gasteiger partial charge on any atom is -0.481 e. The van der Waals surface area contributed by atoms with E-state index in [0.29, 0.717) is 12.1 Å². The standard InChI is InChI=1S/C16H35N.C2H4O2/c1-5-7-9-11-13-15(3)17-16(4)14-12-10-8-6-2;1-2(3)4/h15-17H,5-14H2,1-4H3;1H3,(H,3,4). The van der Waals surface area contributed by atoms with E-state index in [4.69, 9.17) is 9.90 Å². The molecule has 0 radical (unpaired) electrons. The van der Waals surface area contributed by atoms with Crippen LogP contribution in [0.5, 0.6) is 0 Å². The van der Waals surface area contributed by atoms with Gasteiger partial charge in [0.05, 0.1) is 0 Å². The lowest BCUT2D eigenvalue weighted by Crippen LogP contribution is -2.34. The molecule has 0 fully saturated rings. The Morgan fingerprint density at radius 1 is 0.857 bits per heavy atom. The molecule has 0 aliphatic carbocycles. The van der Waals surface area contributed by atoms with Crippen LogP contribution >= 0.6 is 0 Å². The van der Waals surface area contributed by atoms with Gasteiger partial charge < -0.3 is 10.4 Å². The van der Waals surface area contributed by atoms with Gasteiger partial charge >= 0.3 is 0 Å². The summed E-state index contributed by atoms with van der Waals surface area (Å²) in [4.78, 5) is 9.00. The number of carboxylic acids is 1. The molecule has 3 nitrogen and oxygen atoms in total. The summed E-state index contributed by atoms with van der Waals surface area (Å²) in [5.74, 6) is -0.833. The number of nitrogens with one attached hydrogen (secondary N) is 1. The summed E-state index contributed by atoms with van der Waals surface area (Å²) in [7, 11) is 0. The zero-order chi connectivity index (χ0) is 16.5. The van der Waals surface area contributed by atoms with Gasteiger partial charge in [0.25, 0.3) is 5.97 Å². The highest BCUT2D eigenvalue weighted by atomic mass is 16.4. The summed E-state index contributed by atoms with van der Waals surface area (Å²) in [5.41, 5.74) is 0. The van der Waals surface area contributed by atoms with Gasteiger partial charge in [0, 0.05) is 19.0 Å². The average Bonchev–Trinajstić information content (AvgIpc) is 2.39. The van der Waals surface area contributed by atoms with Crippen LogP contribution in [0.15, 0.2) is 0 Å². The summed E-state index contributed by atoms with van der Waals surface area (Å²) in [6, 6.07) is 1.40. The Kier molecular flexibility index (Phi) is 18.9. The minimum absolute atomic E-state index is 0.702. The van der Waals surface area contributed by atoms with Gasteiger partial charge in [0.1, 0.15) is 0 Å². The molecule has 0 aliphatic heterocycles. The summed E-state index contributed by atoms with van der Waals surface area (Å²) in [6.07, 6.45) is 13.8. The molecule has 0 saturated carbocycles.